The molecule has 0 heterocycles. The molecule has 0 aromatic heterocycles. The van der Waals surface area contributed by atoms with E-state index in [1.807, 2.05) is 0 Å². The van der Waals surface area contributed by atoms with E-state index in [-0.39, 0.29) is 28.8 Å². The minimum atomic E-state index is -3.00. The van der Waals surface area contributed by atoms with Crippen LogP contribution in [0.3, 0.4) is 0 Å². The summed E-state index contributed by atoms with van der Waals surface area (Å²) in [5, 5.41) is 2.42. The topological polar surface area (TPSA) is 64.6 Å². The Morgan fingerprint density at radius 2 is 1.96 bits per heavy atom. The van der Waals surface area contributed by atoms with Gasteiger partial charge in [0.2, 0.25) is 0 Å². The number of aldehydes is 1. The van der Waals surface area contributed by atoms with Crippen molar-refractivity contribution >= 4 is 45.4 Å². The molecule has 0 saturated carbocycles. The number of halogens is 4. The maximum absolute atomic E-state index is 12.2. The van der Waals surface area contributed by atoms with E-state index in [9.17, 15) is 18.4 Å². The number of carbonyl (C=O) groups is 2. The Balaban J connectivity index is 1.96. The van der Waals surface area contributed by atoms with Gasteiger partial charge in [0, 0.05) is 10.2 Å². The molecule has 0 fully saturated rings. The van der Waals surface area contributed by atoms with Gasteiger partial charge in [-0.05, 0) is 36.4 Å². The lowest BCUT2D eigenvalue weighted by atomic mass is 10.2. The Hall–Kier alpha value is -2.19. The third-order valence-electron chi connectivity index (χ3n) is 2.89. The number of ether oxygens (including phenoxy) is 2. The lowest BCUT2D eigenvalue weighted by Gasteiger charge is -2.11. The van der Waals surface area contributed by atoms with Gasteiger partial charge in [0.05, 0.1) is 10.6 Å². The van der Waals surface area contributed by atoms with Crippen molar-refractivity contribution in [2.45, 2.75) is 6.61 Å². The average Bonchev–Trinajstić information content (AvgIpc) is 2.55. The molecule has 0 spiro atoms. The first-order chi connectivity index (χ1) is 11.9. The number of rotatable bonds is 7. The fourth-order valence-electron chi connectivity index (χ4n) is 1.85. The van der Waals surface area contributed by atoms with Crippen LogP contribution in [0.25, 0.3) is 0 Å². The molecule has 1 N–H and O–H groups in total. The van der Waals surface area contributed by atoms with E-state index in [4.69, 9.17) is 16.3 Å². The normalized spacial score (nSPS) is 10.4. The van der Waals surface area contributed by atoms with Crippen LogP contribution >= 0.6 is 27.5 Å². The van der Waals surface area contributed by atoms with E-state index in [1.54, 1.807) is 18.2 Å². The van der Waals surface area contributed by atoms with Crippen molar-refractivity contribution in [3.63, 3.8) is 0 Å². The zero-order valence-corrected chi connectivity index (χ0v) is 14.8. The van der Waals surface area contributed by atoms with E-state index in [0.717, 1.165) is 0 Å². The van der Waals surface area contributed by atoms with Crippen LogP contribution < -0.4 is 14.8 Å². The van der Waals surface area contributed by atoms with Crippen LogP contribution in [0.2, 0.25) is 5.02 Å². The molecule has 0 aliphatic carbocycles. The second kappa shape index (κ2) is 8.77. The monoisotopic (exact) mass is 433 g/mol. The largest absolute Gasteiger partial charge is 0.483 e. The number of hydrogen-bond donors (Lipinski definition) is 1. The van der Waals surface area contributed by atoms with Crippen LogP contribution in [-0.2, 0) is 4.79 Å². The summed E-state index contributed by atoms with van der Waals surface area (Å²) in [6.07, 6.45) is 0.611. The number of anilines is 1. The third kappa shape index (κ3) is 5.68. The Morgan fingerprint density at radius 3 is 2.60 bits per heavy atom. The predicted molar refractivity (Wildman–Crippen MR) is 91.7 cm³/mol. The summed E-state index contributed by atoms with van der Waals surface area (Å²) in [5.41, 5.74) is 0.574. The molecule has 2 aromatic rings. The number of amides is 1. The maximum atomic E-state index is 12.2. The van der Waals surface area contributed by atoms with Gasteiger partial charge >= 0.3 is 6.61 Å². The summed E-state index contributed by atoms with van der Waals surface area (Å²) in [7, 11) is 0. The maximum Gasteiger partial charge on any atom is 0.387 e. The first kappa shape index (κ1) is 19.1. The minimum absolute atomic E-state index is 0.0739. The van der Waals surface area contributed by atoms with Crippen molar-refractivity contribution in [2.75, 3.05) is 11.9 Å². The molecular weight excluding hydrogens is 424 g/mol. The first-order valence-corrected chi connectivity index (χ1v) is 7.98. The fourth-order valence-corrected chi connectivity index (χ4v) is 2.46. The van der Waals surface area contributed by atoms with Gasteiger partial charge < -0.3 is 14.8 Å². The van der Waals surface area contributed by atoms with Gasteiger partial charge in [0.25, 0.3) is 5.91 Å². The summed E-state index contributed by atoms with van der Waals surface area (Å²) >= 11 is 9.03. The van der Waals surface area contributed by atoms with E-state index >= 15 is 0 Å². The molecule has 9 heteroatoms. The lowest BCUT2D eigenvalue weighted by molar-refractivity contribution is -0.118. The first-order valence-electron chi connectivity index (χ1n) is 6.81. The average molecular weight is 435 g/mol. The minimum Gasteiger partial charge on any atom is -0.483 e. The number of carbonyl (C=O) groups excluding carboxylic acids is 2. The Labute approximate surface area is 155 Å². The highest BCUT2D eigenvalue weighted by Gasteiger charge is 2.11. The summed E-state index contributed by atoms with van der Waals surface area (Å²) < 4.78 is 34.5. The van der Waals surface area contributed by atoms with Crippen molar-refractivity contribution < 1.29 is 27.8 Å². The van der Waals surface area contributed by atoms with Gasteiger partial charge in [-0.3, -0.25) is 9.59 Å². The van der Waals surface area contributed by atoms with Crippen LogP contribution in [0, 0.1) is 0 Å². The summed E-state index contributed by atoms with van der Waals surface area (Å²) in [6.45, 7) is -3.35. The van der Waals surface area contributed by atoms with Crippen molar-refractivity contribution in [2.24, 2.45) is 0 Å². The number of benzene rings is 2. The molecule has 5 nitrogen and oxygen atoms in total. The molecular formula is C16H11BrClF2NO4. The lowest BCUT2D eigenvalue weighted by Crippen LogP contribution is -2.20. The molecule has 25 heavy (non-hydrogen) atoms. The summed E-state index contributed by atoms with van der Waals surface area (Å²) in [4.78, 5) is 22.9. The second-order valence-corrected chi connectivity index (χ2v) is 5.98. The fraction of sp³-hybridized carbons (Fsp3) is 0.125. The van der Waals surface area contributed by atoms with E-state index in [2.05, 4.69) is 26.0 Å². The van der Waals surface area contributed by atoms with Crippen LogP contribution in [-0.4, -0.2) is 25.4 Å². The number of nitrogens with one attached hydrogen (secondary N) is 1. The highest BCUT2D eigenvalue weighted by atomic mass is 79.9. The van der Waals surface area contributed by atoms with E-state index in [1.165, 1.54) is 18.2 Å². The van der Waals surface area contributed by atoms with E-state index < -0.39 is 12.5 Å². The van der Waals surface area contributed by atoms with Crippen LogP contribution in [0.5, 0.6) is 11.5 Å². The third-order valence-corrected chi connectivity index (χ3v) is 3.68. The molecule has 0 unspecified atom stereocenters. The second-order valence-electron chi connectivity index (χ2n) is 4.66. The smallest absolute Gasteiger partial charge is 0.387 e. The highest BCUT2D eigenvalue weighted by molar-refractivity contribution is 9.10. The van der Waals surface area contributed by atoms with Gasteiger partial charge in [-0.25, -0.2) is 0 Å². The van der Waals surface area contributed by atoms with Gasteiger partial charge in [0.15, 0.2) is 12.9 Å². The van der Waals surface area contributed by atoms with Gasteiger partial charge in [-0.15, -0.1) is 0 Å². The molecule has 0 aliphatic heterocycles. The Morgan fingerprint density at radius 1 is 1.24 bits per heavy atom. The van der Waals surface area contributed by atoms with Crippen molar-refractivity contribution in [3.05, 3.63) is 51.5 Å². The van der Waals surface area contributed by atoms with Crippen LogP contribution in [0.4, 0.5) is 14.5 Å². The van der Waals surface area contributed by atoms with Crippen molar-refractivity contribution in [1.82, 2.24) is 0 Å². The van der Waals surface area contributed by atoms with Gasteiger partial charge in [0.1, 0.15) is 11.5 Å². The standard InChI is InChI=1S/C16H11BrClF2NO4/c17-10-1-3-13(9(5-10)7-22)24-8-15(23)21-11-2-4-14(12(18)6-11)25-16(19)20/h1-7,16H,8H2,(H,21,23). The van der Waals surface area contributed by atoms with Gasteiger partial charge in [-0.1, -0.05) is 27.5 Å². The zero-order chi connectivity index (χ0) is 18.4. The van der Waals surface area contributed by atoms with Crippen molar-refractivity contribution in [1.29, 1.82) is 0 Å². The number of hydrogen-bond acceptors (Lipinski definition) is 4. The van der Waals surface area contributed by atoms with Gasteiger partial charge in [-0.2, -0.15) is 8.78 Å². The molecule has 0 radical (unpaired) electrons. The Bertz CT molecular complexity index is 789. The van der Waals surface area contributed by atoms with E-state index in [0.29, 0.717) is 16.3 Å². The molecule has 0 atom stereocenters. The molecule has 2 aromatic carbocycles. The Kier molecular flexibility index (Phi) is 6.72. The summed E-state index contributed by atoms with van der Waals surface area (Å²) in [6, 6.07) is 8.62. The van der Waals surface area contributed by atoms with Crippen LogP contribution in [0.1, 0.15) is 10.4 Å². The molecule has 2 rings (SSSR count). The SMILES string of the molecule is O=Cc1cc(Br)ccc1OCC(=O)Nc1ccc(OC(F)F)c(Cl)c1. The zero-order valence-electron chi connectivity index (χ0n) is 12.5. The molecule has 0 saturated heterocycles. The van der Waals surface area contributed by atoms with Crippen molar-refractivity contribution in [3.8, 4) is 11.5 Å². The quantitative estimate of drug-likeness (QED) is 0.650. The van der Waals surface area contributed by atoms with Crippen LogP contribution in [0.15, 0.2) is 40.9 Å². The predicted octanol–water partition coefficient (Wildman–Crippen LogP) is 4.53. The summed E-state index contributed by atoms with van der Waals surface area (Å²) in [5.74, 6) is -0.457. The molecule has 0 aliphatic rings. The molecule has 0 bridgehead atoms. The molecule has 1 amide bonds. The number of alkyl halides is 2. The molecule has 132 valence electrons. The highest BCUT2D eigenvalue weighted by Crippen LogP contribution is 2.29.